The first-order valence-corrected chi connectivity index (χ1v) is 11.3. The lowest BCUT2D eigenvalue weighted by Crippen LogP contribution is -2.47. The maximum Gasteiger partial charge on any atom is 0.209 e. The van der Waals surface area contributed by atoms with E-state index in [1.807, 2.05) is 20.8 Å². The van der Waals surface area contributed by atoms with Crippen LogP contribution in [0.1, 0.15) is 53.4 Å². The highest BCUT2D eigenvalue weighted by atomic mass is 127. The fourth-order valence-electron chi connectivity index (χ4n) is 3.13. The van der Waals surface area contributed by atoms with Crippen molar-refractivity contribution in [3.8, 4) is 0 Å². The van der Waals surface area contributed by atoms with Crippen molar-refractivity contribution in [3.05, 3.63) is 0 Å². The highest BCUT2D eigenvalue weighted by Gasteiger charge is 2.22. The van der Waals surface area contributed by atoms with Gasteiger partial charge in [0.25, 0.3) is 0 Å². The zero-order chi connectivity index (χ0) is 18.9. The summed E-state index contributed by atoms with van der Waals surface area (Å²) < 4.78 is 25.4. The van der Waals surface area contributed by atoms with E-state index in [2.05, 4.69) is 32.2 Å². The summed E-state index contributed by atoms with van der Waals surface area (Å²) in [5.74, 6) is 0.734. The van der Waals surface area contributed by atoms with Crippen molar-refractivity contribution in [1.82, 2.24) is 20.3 Å². The largest absolute Gasteiger partial charge is 0.357 e. The Bertz CT molecular complexity index is 525. The molecule has 0 aromatic carbocycles. The van der Waals surface area contributed by atoms with Gasteiger partial charge in [-0.3, -0.25) is 4.99 Å². The van der Waals surface area contributed by atoms with Crippen LogP contribution >= 0.6 is 24.0 Å². The number of halogens is 1. The quantitative estimate of drug-likeness (QED) is 0.193. The molecule has 0 aliphatic carbocycles. The Kier molecular flexibility index (Phi) is 12.3. The third-order valence-corrected chi connectivity index (χ3v) is 5.22. The predicted molar refractivity (Wildman–Crippen MR) is 121 cm³/mol. The van der Waals surface area contributed by atoms with Crippen LogP contribution in [0.25, 0.3) is 0 Å². The number of piperidine rings is 1. The van der Waals surface area contributed by atoms with Gasteiger partial charge in [-0.1, -0.05) is 6.42 Å². The Balaban J connectivity index is 0.00000625. The van der Waals surface area contributed by atoms with Crippen LogP contribution in [0.4, 0.5) is 0 Å². The van der Waals surface area contributed by atoms with E-state index in [-0.39, 0.29) is 24.0 Å². The van der Waals surface area contributed by atoms with Gasteiger partial charge in [-0.15, -0.1) is 24.0 Å². The first kappa shape index (κ1) is 25.9. The van der Waals surface area contributed by atoms with E-state index in [1.54, 1.807) is 0 Å². The Hall–Kier alpha value is -0.130. The molecule has 1 unspecified atom stereocenters. The normalized spacial score (nSPS) is 19.7. The SMILES string of the molecule is CCNC(=NCC(C)(C)NS(C)(=O)=O)NCCCN1CCCCC1C.I. The Labute approximate surface area is 177 Å². The highest BCUT2D eigenvalue weighted by molar-refractivity contribution is 14.0. The summed E-state index contributed by atoms with van der Waals surface area (Å²) in [5, 5.41) is 6.56. The summed E-state index contributed by atoms with van der Waals surface area (Å²) in [4.78, 5) is 7.09. The van der Waals surface area contributed by atoms with E-state index in [9.17, 15) is 8.42 Å². The third-order valence-electron chi connectivity index (χ3n) is 4.29. The molecular weight excluding hydrogens is 465 g/mol. The molecule has 1 saturated heterocycles. The Morgan fingerprint density at radius 1 is 1.27 bits per heavy atom. The van der Waals surface area contributed by atoms with Gasteiger partial charge in [0.2, 0.25) is 10.0 Å². The number of nitrogens with zero attached hydrogens (tertiary/aromatic N) is 2. The number of aliphatic imine (C=N–C) groups is 1. The molecule has 1 heterocycles. The minimum Gasteiger partial charge on any atom is -0.357 e. The van der Waals surface area contributed by atoms with Gasteiger partial charge in [-0.2, -0.15) is 0 Å². The predicted octanol–water partition coefficient (Wildman–Crippen LogP) is 1.75. The summed E-state index contributed by atoms with van der Waals surface area (Å²) in [5.41, 5.74) is -0.612. The summed E-state index contributed by atoms with van der Waals surface area (Å²) in [6.07, 6.45) is 6.21. The molecule has 1 rings (SSSR count). The van der Waals surface area contributed by atoms with Gasteiger partial charge in [-0.05, 0) is 53.5 Å². The molecule has 0 aromatic heterocycles. The van der Waals surface area contributed by atoms with Gasteiger partial charge in [0.15, 0.2) is 5.96 Å². The van der Waals surface area contributed by atoms with Crippen molar-refractivity contribution < 1.29 is 8.42 Å². The van der Waals surface area contributed by atoms with Gasteiger partial charge < -0.3 is 15.5 Å². The molecule has 3 N–H and O–H groups in total. The van der Waals surface area contributed by atoms with Crippen LogP contribution in [0.2, 0.25) is 0 Å². The van der Waals surface area contributed by atoms with Crippen molar-refractivity contribution in [2.45, 2.75) is 65.0 Å². The molecule has 1 fully saturated rings. The smallest absolute Gasteiger partial charge is 0.209 e. The molecule has 0 saturated carbocycles. The van der Waals surface area contributed by atoms with E-state index in [1.165, 1.54) is 32.1 Å². The molecule has 0 radical (unpaired) electrons. The number of sulfonamides is 1. The third kappa shape index (κ3) is 11.6. The average molecular weight is 503 g/mol. The van der Waals surface area contributed by atoms with E-state index >= 15 is 0 Å². The van der Waals surface area contributed by atoms with E-state index in [4.69, 9.17) is 0 Å². The fraction of sp³-hybridized carbons (Fsp3) is 0.941. The first-order valence-electron chi connectivity index (χ1n) is 9.38. The van der Waals surface area contributed by atoms with E-state index < -0.39 is 15.6 Å². The van der Waals surface area contributed by atoms with Gasteiger partial charge in [-0.25, -0.2) is 13.1 Å². The number of hydrogen-bond acceptors (Lipinski definition) is 4. The molecule has 0 aromatic rings. The lowest BCUT2D eigenvalue weighted by Gasteiger charge is -2.33. The summed E-state index contributed by atoms with van der Waals surface area (Å²) in [6.45, 7) is 12.3. The maximum absolute atomic E-state index is 11.4. The molecule has 1 aliphatic rings. The number of rotatable bonds is 9. The van der Waals surface area contributed by atoms with Crippen LogP contribution in [0.5, 0.6) is 0 Å². The average Bonchev–Trinajstić information content (AvgIpc) is 2.48. The number of hydrogen-bond donors (Lipinski definition) is 3. The molecule has 0 spiro atoms. The van der Waals surface area contributed by atoms with Gasteiger partial charge in [0.1, 0.15) is 0 Å². The van der Waals surface area contributed by atoms with E-state index in [0.29, 0.717) is 12.6 Å². The summed E-state index contributed by atoms with van der Waals surface area (Å²) in [7, 11) is -3.25. The van der Waals surface area contributed by atoms with Crippen LogP contribution in [0.3, 0.4) is 0 Å². The highest BCUT2D eigenvalue weighted by Crippen LogP contribution is 2.16. The van der Waals surface area contributed by atoms with Crippen molar-refractivity contribution >= 4 is 40.0 Å². The second kappa shape index (κ2) is 12.4. The zero-order valence-electron chi connectivity index (χ0n) is 17.0. The monoisotopic (exact) mass is 503 g/mol. The topological polar surface area (TPSA) is 85.8 Å². The van der Waals surface area contributed by atoms with Crippen molar-refractivity contribution in [2.24, 2.45) is 4.99 Å². The van der Waals surface area contributed by atoms with Crippen molar-refractivity contribution in [3.63, 3.8) is 0 Å². The van der Waals surface area contributed by atoms with Gasteiger partial charge >= 0.3 is 0 Å². The minimum atomic E-state index is -3.25. The molecule has 0 amide bonds. The lowest BCUT2D eigenvalue weighted by molar-refractivity contribution is 0.159. The Morgan fingerprint density at radius 2 is 1.96 bits per heavy atom. The van der Waals surface area contributed by atoms with Gasteiger partial charge in [0.05, 0.1) is 12.8 Å². The molecule has 156 valence electrons. The van der Waals surface area contributed by atoms with Crippen molar-refractivity contribution in [2.75, 3.05) is 39.0 Å². The summed E-state index contributed by atoms with van der Waals surface area (Å²) >= 11 is 0. The minimum absolute atomic E-state index is 0. The second-order valence-electron chi connectivity index (χ2n) is 7.61. The van der Waals surface area contributed by atoms with Crippen LogP contribution in [-0.2, 0) is 10.0 Å². The first-order chi connectivity index (χ1) is 11.6. The summed E-state index contributed by atoms with van der Waals surface area (Å²) in [6, 6.07) is 0.693. The van der Waals surface area contributed by atoms with Crippen LogP contribution in [0.15, 0.2) is 4.99 Å². The molecule has 7 nitrogen and oxygen atoms in total. The zero-order valence-corrected chi connectivity index (χ0v) is 20.1. The molecule has 1 atom stereocenters. The fourth-order valence-corrected chi connectivity index (χ4v) is 4.20. The lowest BCUT2D eigenvalue weighted by atomic mass is 10.0. The molecule has 26 heavy (non-hydrogen) atoms. The van der Waals surface area contributed by atoms with Crippen LogP contribution in [-0.4, -0.2) is 69.8 Å². The maximum atomic E-state index is 11.4. The van der Waals surface area contributed by atoms with Crippen LogP contribution in [0, 0.1) is 0 Å². The molecule has 1 aliphatic heterocycles. The number of likely N-dealkylation sites (tertiary alicyclic amines) is 1. The molecule has 9 heteroatoms. The Morgan fingerprint density at radius 3 is 2.54 bits per heavy atom. The van der Waals surface area contributed by atoms with E-state index in [0.717, 1.165) is 32.0 Å². The number of nitrogens with one attached hydrogen (secondary N) is 3. The molecular formula is C17H38IN5O2S. The number of guanidine groups is 1. The molecule has 0 bridgehead atoms. The van der Waals surface area contributed by atoms with Crippen molar-refractivity contribution in [1.29, 1.82) is 0 Å². The second-order valence-corrected chi connectivity index (χ2v) is 9.36. The van der Waals surface area contributed by atoms with Gasteiger partial charge in [0, 0.05) is 31.2 Å². The standard InChI is InChI=1S/C17H37N5O2S.HI/c1-6-18-16(20-14-17(3,4)21-25(5,23)24)19-11-9-13-22-12-8-7-10-15(22)2;/h15,21H,6-14H2,1-5H3,(H2,18,19,20);1H. The van der Waals surface area contributed by atoms with Crippen LogP contribution < -0.4 is 15.4 Å².